The topological polar surface area (TPSA) is 32.3 Å². The van der Waals surface area contributed by atoms with E-state index in [2.05, 4.69) is 18.3 Å². The second kappa shape index (κ2) is 6.01. The van der Waals surface area contributed by atoms with Crippen LogP contribution in [0.1, 0.15) is 41.3 Å². The lowest BCUT2D eigenvalue weighted by Crippen LogP contribution is -2.31. The van der Waals surface area contributed by atoms with Gasteiger partial charge in [-0.15, -0.1) is 0 Å². The summed E-state index contributed by atoms with van der Waals surface area (Å²) in [6.45, 7) is 4.84. The van der Waals surface area contributed by atoms with E-state index in [-0.39, 0.29) is 5.91 Å². The summed E-state index contributed by atoms with van der Waals surface area (Å²) in [5.74, 6) is 0.169. The van der Waals surface area contributed by atoms with E-state index in [9.17, 15) is 4.79 Å². The molecule has 0 spiro atoms. The molecule has 0 aromatic heterocycles. The summed E-state index contributed by atoms with van der Waals surface area (Å²) in [6.07, 6.45) is 3.14. The molecule has 0 atom stereocenters. The van der Waals surface area contributed by atoms with Gasteiger partial charge in [0.25, 0.3) is 5.91 Å². The minimum absolute atomic E-state index is 0.169. The van der Waals surface area contributed by atoms with Gasteiger partial charge in [-0.05, 0) is 36.6 Å². The van der Waals surface area contributed by atoms with Crippen LogP contribution in [0.3, 0.4) is 0 Å². The van der Waals surface area contributed by atoms with Crippen LogP contribution in [0.2, 0.25) is 0 Å². The molecule has 0 unspecified atom stereocenters. The Morgan fingerprint density at radius 3 is 3.06 bits per heavy atom. The largest absolute Gasteiger partial charge is 0.342 e. The number of hydrogen-bond donors (Lipinski definition) is 1. The van der Waals surface area contributed by atoms with Crippen LogP contribution in [0.15, 0.2) is 18.2 Å². The summed E-state index contributed by atoms with van der Waals surface area (Å²) < 4.78 is 0. The van der Waals surface area contributed by atoms with Crippen LogP contribution < -0.4 is 5.32 Å². The predicted octanol–water partition coefficient (Wildman–Crippen LogP) is 2.20. The van der Waals surface area contributed by atoms with Gasteiger partial charge in [0.05, 0.1) is 0 Å². The Labute approximate surface area is 109 Å². The first kappa shape index (κ1) is 13.1. The molecule has 0 saturated carbocycles. The van der Waals surface area contributed by atoms with E-state index < -0.39 is 0 Å². The van der Waals surface area contributed by atoms with Gasteiger partial charge in [0, 0.05) is 25.7 Å². The average molecular weight is 246 g/mol. The lowest BCUT2D eigenvalue weighted by molar-refractivity contribution is 0.0792. The number of fused-ring (bicyclic) bond motifs is 1. The smallest absolute Gasteiger partial charge is 0.253 e. The normalized spacial score (nSPS) is 14.1. The molecule has 98 valence electrons. The highest BCUT2D eigenvalue weighted by molar-refractivity contribution is 5.96. The highest BCUT2D eigenvalue weighted by Crippen LogP contribution is 2.20. The quantitative estimate of drug-likeness (QED) is 0.883. The number of rotatable bonds is 4. The molecule has 1 aliphatic rings. The molecule has 0 saturated heterocycles. The molecule has 0 aliphatic carbocycles. The zero-order chi connectivity index (χ0) is 13.0. The molecule has 1 aromatic rings. The lowest BCUT2D eigenvalue weighted by Gasteiger charge is -2.23. The van der Waals surface area contributed by atoms with Crippen LogP contribution in [-0.4, -0.2) is 30.9 Å². The SMILES string of the molecule is CCCCN(C)C(=O)c1cccc2c1CCNC2. The van der Waals surface area contributed by atoms with Crippen molar-refractivity contribution in [1.29, 1.82) is 0 Å². The van der Waals surface area contributed by atoms with Gasteiger partial charge in [-0.2, -0.15) is 0 Å². The van der Waals surface area contributed by atoms with Gasteiger partial charge in [0.15, 0.2) is 0 Å². The minimum atomic E-state index is 0.169. The number of nitrogens with zero attached hydrogens (tertiary/aromatic N) is 1. The molecule has 1 amide bonds. The molecule has 3 nitrogen and oxygen atoms in total. The molecule has 1 heterocycles. The molecular formula is C15H22N2O. The molecule has 1 aromatic carbocycles. The van der Waals surface area contributed by atoms with Gasteiger partial charge in [-0.1, -0.05) is 25.5 Å². The fourth-order valence-corrected chi connectivity index (χ4v) is 2.43. The van der Waals surface area contributed by atoms with E-state index in [1.165, 1.54) is 11.1 Å². The van der Waals surface area contributed by atoms with Crippen molar-refractivity contribution in [3.63, 3.8) is 0 Å². The van der Waals surface area contributed by atoms with Gasteiger partial charge in [-0.3, -0.25) is 4.79 Å². The van der Waals surface area contributed by atoms with Gasteiger partial charge in [0.2, 0.25) is 0 Å². The Balaban J connectivity index is 2.19. The van der Waals surface area contributed by atoms with Crippen molar-refractivity contribution in [3.05, 3.63) is 34.9 Å². The second-order valence-corrected chi connectivity index (χ2v) is 4.95. The maximum Gasteiger partial charge on any atom is 0.253 e. The van der Waals surface area contributed by atoms with Crippen molar-refractivity contribution >= 4 is 5.91 Å². The Kier molecular flexibility index (Phi) is 4.37. The van der Waals surface area contributed by atoms with Gasteiger partial charge in [0.1, 0.15) is 0 Å². The van der Waals surface area contributed by atoms with Crippen LogP contribution in [-0.2, 0) is 13.0 Å². The van der Waals surface area contributed by atoms with Crippen LogP contribution in [0.5, 0.6) is 0 Å². The predicted molar refractivity (Wildman–Crippen MR) is 73.7 cm³/mol. The maximum atomic E-state index is 12.4. The molecule has 1 N–H and O–H groups in total. The molecular weight excluding hydrogens is 224 g/mol. The first-order valence-corrected chi connectivity index (χ1v) is 6.81. The molecule has 18 heavy (non-hydrogen) atoms. The average Bonchev–Trinajstić information content (AvgIpc) is 2.43. The van der Waals surface area contributed by atoms with Gasteiger partial charge < -0.3 is 10.2 Å². The first-order chi connectivity index (χ1) is 8.74. The third-order valence-corrected chi connectivity index (χ3v) is 3.56. The van der Waals surface area contributed by atoms with Crippen molar-refractivity contribution < 1.29 is 4.79 Å². The molecule has 1 aliphatic heterocycles. The van der Waals surface area contributed by atoms with E-state index in [4.69, 9.17) is 0 Å². The van der Waals surface area contributed by atoms with E-state index in [1.54, 1.807) is 0 Å². The molecule has 3 heteroatoms. The Hall–Kier alpha value is -1.35. The zero-order valence-corrected chi connectivity index (χ0v) is 11.3. The van der Waals surface area contributed by atoms with Crippen LogP contribution in [0, 0.1) is 0 Å². The molecule has 0 radical (unpaired) electrons. The second-order valence-electron chi connectivity index (χ2n) is 4.95. The van der Waals surface area contributed by atoms with E-state index >= 15 is 0 Å². The Bertz CT molecular complexity index is 429. The van der Waals surface area contributed by atoms with Gasteiger partial charge in [-0.25, -0.2) is 0 Å². The van der Waals surface area contributed by atoms with Crippen molar-refractivity contribution in [2.45, 2.75) is 32.7 Å². The summed E-state index contributed by atoms with van der Waals surface area (Å²) in [4.78, 5) is 14.3. The fraction of sp³-hybridized carbons (Fsp3) is 0.533. The summed E-state index contributed by atoms with van der Waals surface area (Å²) in [7, 11) is 1.90. The van der Waals surface area contributed by atoms with Crippen molar-refractivity contribution in [2.24, 2.45) is 0 Å². The van der Waals surface area contributed by atoms with Crippen molar-refractivity contribution in [1.82, 2.24) is 10.2 Å². The minimum Gasteiger partial charge on any atom is -0.342 e. The summed E-state index contributed by atoms with van der Waals surface area (Å²) >= 11 is 0. The summed E-state index contributed by atoms with van der Waals surface area (Å²) in [6, 6.07) is 6.08. The number of carbonyl (C=O) groups is 1. The van der Waals surface area contributed by atoms with Crippen LogP contribution in [0.4, 0.5) is 0 Å². The van der Waals surface area contributed by atoms with E-state index in [1.807, 2.05) is 24.1 Å². The maximum absolute atomic E-state index is 12.4. The molecule has 0 bridgehead atoms. The molecule has 2 rings (SSSR count). The third-order valence-electron chi connectivity index (χ3n) is 3.56. The van der Waals surface area contributed by atoms with Gasteiger partial charge >= 0.3 is 0 Å². The van der Waals surface area contributed by atoms with Crippen molar-refractivity contribution in [3.8, 4) is 0 Å². The highest BCUT2D eigenvalue weighted by atomic mass is 16.2. The van der Waals surface area contributed by atoms with Crippen LogP contribution >= 0.6 is 0 Å². The number of nitrogens with one attached hydrogen (secondary N) is 1. The highest BCUT2D eigenvalue weighted by Gasteiger charge is 2.19. The zero-order valence-electron chi connectivity index (χ0n) is 11.3. The van der Waals surface area contributed by atoms with E-state index in [0.717, 1.165) is 44.5 Å². The fourth-order valence-electron chi connectivity index (χ4n) is 2.43. The standard InChI is InChI=1S/C15H22N2O/c1-3-4-10-17(2)15(18)14-7-5-6-12-11-16-9-8-13(12)14/h5-7,16H,3-4,8-11H2,1-2H3. The number of carbonyl (C=O) groups excluding carboxylic acids is 1. The number of amides is 1. The van der Waals surface area contributed by atoms with E-state index in [0.29, 0.717) is 0 Å². The summed E-state index contributed by atoms with van der Waals surface area (Å²) in [5.41, 5.74) is 3.41. The third kappa shape index (κ3) is 2.72. The monoisotopic (exact) mass is 246 g/mol. The number of hydrogen-bond acceptors (Lipinski definition) is 2. The molecule has 0 fully saturated rings. The van der Waals surface area contributed by atoms with Crippen LogP contribution in [0.25, 0.3) is 0 Å². The first-order valence-electron chi connectivity index (χ1n) is 6.81. The number of unbranched alkanes of at least 4 members (excludes halogenated alkanes) is 1. The number of benzene rings is 1. The Morgan fingerprint density at radius 1 is 1.44 bits per heavy atom. The lowest BCUT2D eigenvalue weighted by atomic mass is 9.95. The summed E-state index contributed by atoms with van der Waals surface area (Å²) in [5, 5.41) is 3.35. The van der Waals surface area contributed by atoms with Crippen molar-refractivity contribution in [2.75, 3.05) is 20.1 Å². The Morgan fingerprint density at radius 2 is 2.28 bits per heavy atom.